The van der Waals surface area contributed by atoms with Crippen LogP contribution in [0.1, 0.15) is 10.4 Å². The molecule has 1 heterocycles. The zero-order valence-corrected chi connectivity index (χ0v) is 13.4. The summed E-state index contributed by atoms with van der Waals surface area (Å²) in [4.78, 5) is 16.0. The molecule has 0 aliphatic carbocycles. The van der Waals surface area contributed by atoms with Crippen molar-refractivity contribution in [2.75, 3.05) is 20.4 Å². The maximum atomic E-state index is 11.9. The number of aromatic nitrogens is 1. The van der Waals surface area contributed by atoms with Crippen LogP contribution in [0.25, 0.3) is 11.1 Å². The molecule has 2 aromatic rings. The van der Waals surface area contributed by atoms with Gasteiger partial charge in [0.05, 0.1) is 0 Å². The fourth-order valence-corrected chi connectivity index (χ4v) is 2.79. The van der Waals surface area contributed by atoms with Crippen molar-refractivity contribution in [2.24, 2.45) is 0 Å². The number of amides is 1. The largest absolute Gasteiger partial charge is 0.352 e. The molecule has 0 radical (unpaired) electrons. The number of sulfone groups is 1. The third-order valence-corrected chi connectivity index (χ3v) is 4.34. The summed E-state index contributed by atoms with van der Waals surface area (Å²) < 4.78 is 22.9. The Hall–Kier alpha value is -1.79. The Balaban J connectivity index is 2.42. The van der Waals surface area contributed by atoms with Crippen molar-refractivity contribution in [3.8, 4) is 11.1 Å². The Kier molecular flexibility index (Phi) is 4.11. The predicted octanol–water partition coefficient (Wildman–Crippen LogP) is 2.44. The van der Waals surface area contributed by atoms with Crippen molar-refractivity contribution in [3.63, 3.8) is 0 Å². The first kappa shape index (κ1) is 15.6. The summed E-state index contributed by atoms with van der Waals surface area (Å²) >= 11 is 6.20. The Morgan fingerprint density at radius 3 is 2.38 bits per heavy atom. The van der Waals surface area contributed by atoms with Crippen LogP contribution in [0.2, 0.25) is 5.02 Å². The summed E-state index contributed by atoms with van der Waals surface area (Å²) in [5.74, 6) is -0.144. The average molecular weight is 327 g/mol. The monoisotopic (exact) mass is 326 g/mol. The smallest absolute Gasteiger partial charge is 0.253 e. The van der Waals surface area contributed by atoms with E-state index in [4.69, 9.17) is 11.6 Å². The molecule has 0 saturated carbocycles. The molecular formula is C14H15ClN2O3S. The molecule has 21 heavy (non-hydrogen) atoms. The lowest BCUT2D eigenvalue weighted by atomic mass is 10.1. The molecule has 112 valence electrons. The van der Waals surface area contributed by atoms with Crippen molar-refractivity contribution in [1.29, 1.82) is 0 Å². The first-order valence-electron chi connectivity index (χ1n) is 6.10. The molecule has 0 spiro atoms. The van der Waals surface area contributed by atoms with Crippen LogP contribution in [0, 0.1) is 0 Å². The topological polar surface area (TPSA) is 70.2 Å². The van der Waals surface area contributed by atoms with E-state index < -0.39 is 9.84 Å². The average Bonchev–Trinajstić information content (AvgIpc) is 2.86. The lowest BCUT2D eigenvalue weighted by Crippen LogP contribution is -2.21. The zero-order valence-electron chi connectivity index (χ0n) is 11.8. The Morgan fingerprint density at radius 2 is 1.90 bits per heavy atom. The number of carbonyl (C=O) groups excluding carboxylic acids is 1. The highest BCUT2D eigenvalue weighted by Gasteiger charge is 2.14. The van der Waals surface area contributed by atoms with Gasteiger partial charge in [0.25, 0.3) is 5.91 Å². The maximum Gasteiger partial charge on any atom is 0.253 e. The van der Waals surface area contributed by atoms with Gasteiger partial charge in [-0.1, -0.05) is 17.7 Å². The first-order valence-corrected chi connectivity index (χ1v) is 8.37. The van der Waals surface area contributed by atoms with E-state index in [1.165, 1.54) is 11.0 Å². The molecule has 0 aliphatic heterocycles. The van der Waals surface area contributed by atoms with Gasteiger partial charge >= 0.3 is 0 Å². The van der Waals surface area contributed by atoms with Gasteiger partial charge in [-0.05, 0) is 18.2 Å². The SMILES string of the molecule is CN(C)C(=O)c1ccc(-c2c[nH]c(S(C)(=O)=O)c2)c(Cl)c1. The molecule has 0 bridgehead atoms. The van der Waals surface area contributed by atoms with Gasteiger partial charge in [-0.3, -0.25) is 4.79 Å². The van der Waals surface area contributed by atoms with E-state index in [1.807, 2.05) is 0 Å². The Labute approximate surface area is 128 Å². The van der Waals surface area contributed by atoms with Crippen molar-refractivity contribution in [3.05, 3.63) is 41.0 Å². The molecule has 1 N–H and O–H groups in total. The number of halogens is 1. The minimum atomic E-state index is -3.30. The fourth-order valence-electron chi connectivity index (χ4n) is 1.88. The summed E-state index contributed by atoms with van der Waals surface area (Å²) in [6.07, 6.45) is 2.70. The van der Waals surface area contributed by atoms with E-state index in [-0.39, 0.29) is 10.9 Å². The number of aromatic amines is 1. The van der Waals surface area contributed by atoms with Gasteiger partial charge in [-0.2, -0.15) is 0 Å². The van der Waals surface area contributed by atoms with Crippen LogP contribution in [0.3, 0.4) is 0 Å². The van der Waals surface area contributed by atoms with Gasteiger partial charge in [-0.25, -0.2) is 8.42 Å². The van der Waals surface area contributed by atoms with Crippen LogP contribution in [-0.2, 0) is 9.84 Å². The minimum absolute atomic E-state index is 0.127. The van der Waals surface area contributed by atoms with Crippen LogP contribution in [0.5, 0.6) is 0 Å². The molecule has 0 atom stereocenters. The van der Waals surface area contributed by atoms with Gasteiger partial charge in [0.2, 0.25) is 0 Å². The normalized spacial score (nSPS) is 11.4. The second-order valence-corrected chi connectivity index (χ2v) is 7.31. The van der Waals surface area contributed by atoms with E-state index in [0.717, 1.165) is 6.26 Å². The highest BCUT2D eigenvalue weighted by molar-refractivity contribution is 7.90. The number of nitrogens with one attached hydrogen (secondary N) is 1. The first-order chi connectivity index (χ1) is 9.70. The molecule has 0 saturated heterocycles. The number of hydrogen-bond acceptors (Lipinski definition) is 3. The molecule has 5 nitrogen and oxygen atoms in total. The van der Waals surface area contributed by atoms with Crippen LogP contribution in [0.4, 0.5) is 0 Å². The highest BCUT2D eigenvalue weighted by atomic mass is 35.5. The Bertz CT molecular complexity index is 794. The van der Waals surface area contributed by atoms with Crippen LogP contribution in [0.15, 0.2) is 35.5 Å². The van der Waals surface area contributed by atoms with E-state index in [1.54, 1.807) is 38.5 Å². The molecule has 1 amide bonds. The minimum Gasteiger partial charge on any atom is -0.352 e. The van der Waals surface area contributed by atoms with Crippen molar-refractivity contribution in [1.82, 2.24) is 9.88 Å². The summed E-state index contributed by atoms with van der Waals surface area (Å²) in [6.45, 7) is 0. The lowest BCUT2D eigenvalue weighted by molar-refractivity contribution is 0.0827. The number of H-pyrrole nitrogens is 1. The molecule has 2 rings (SSSR count). The van der Waals surface area contributed by atoms with Gasteiger partial charge in [0.15, 0.2) is 9.84 Å². The molecule has 0 unspecified atom stereocenters. The van der Waals surface area contributed by atoms with Crippen molar-refractivity contribution in [2.45, 2.75) is 5.03 Å². The molecular weight excluding hydrogens is 312 g/mol. The number of carbonyl (C=O) groups is 1. The summed E-state index contributed by atoms with van der Waals surface area (Å²) in [5, 5.41) is 0.517. The number of rotatable bonds is 3. The van der Waals surface area contributed by atoms with E-state index in [2.05, 4.69) is 4.98 Å². The zero-order chi connectivity index (χ0) is 15.8. The van der Waals surface area contributed by atoms with Gasteiger partial charge in [0.1, 0.15) is 5.03 Å². The second-order valence-electron chi connectivity index (χ2n) is 4.92. The Morgan fingerprint density at radius 1 is 1.24 bits per heavy atom. The van der Waals surface area contributed by atoms with Crippen LogP contribution >= 0.6 is 11.6 Å². The van der Waals surface area contributed by atoms with E-state index >= 15 is 0 Å². The molecule has 0 fully saturated rings. The van der Waals surface area contributed by atoms with Crippen molar-refractivity contribution >= 4 is 27.3 Å². The molecule has 0 aliphatic rings. The van der Waals surface area contributed by atoms with E-state index in [9.17, 15) is 13.2 Å². The highest BCUT2D eigenvalue weighted by Crippen LogP contribution is 2.30. The van der Waals surface area contributed by atoms with Crippen LogP contribution < -0.4 is 0 Å². The summed E-state index contributed by atoms with van der Waals surface area (Å²) in [5.41, 5.74) is 1.80. The quantitative estimate of drug-likeness (QED) is 0.941. The molecule has 1 aromatic heterocycles. The number of benzene rings is 1. The molecule has 7 heteroatoms. The predicted molar refractivity (Wildman–Crippen MR) is 82.4 cm³/mol. The maximum absolute atomic E-state index is 11.9. The summed E-state index contributed by atoms with van der Waals surface area (Å²) in [7, 11) is 0.0277. The standard InChI is InChI=1S/C14H15ClN2O3S/c1-17(2)14(18)9-4-5-11(12(15)6-9)10-7-13(16-8-10)21(3,19)20/h4-8,16H,1-3H3. The molecule has 1 aromatic carbocycles. The van der Waals surface area contributed by atoms with E-state index in [0.29, 0.717) is 21.7 Å². The lowest BCUT2D eigenvalue weighted by Gasteiger charge is -2.11. The summed E-state index contributed by atoms with van der Waals surface area (Å²) in [6, 6.07) is 6.46. The third kappa shape index (κ3) is 3.28. The fraction of sp³-hybridized carbons (Fsp3) is 0.214. The second kappa shape index (κ2) is 5.54. The van der Waals surface area contributed by atoms with Gasteiger partial charge in [0, 0.05) is 48.3 Å². The van der Waals surface area contributed by atoms with Crippen LogP contribution in [-0.4, -0.2) is 44.6 Å². The van der Waals surface area contributed by atoms with Gasteiger partial charge in [-0.15, -0.1) is 0 Å². The number of nitrogens with zero attached hydrogens (tertiary/aromatic N) is 1. The van der Waals surface area contributed by atoms with Gasteiger partial charge < -0.3 is 9.88 Å². The van der Waals surface area contributed by atoms with Crippen molar-refractivity contribution < 1.29 is 13.2 Å². The third-order valence-electron chi connectivity index (χ3n) is 2.99. The number of hydrogen-bond donors (Lipinski definition) is 1.